The predicted molar refractivity (Wildman–Crippen MR) is 103 cm³/mol. The Morgan fingerprint density at radius 2 is 2.04 bits per heavy atom. The van der Waals surface area contributed by atoms with Gasteiger partial charge in [-0.15, -0.1) is 0 Å². The minimum Gasteiger partial charge on any atom is -0.367 e. The molecule has 0 unspecified atom stereocenters. The van der Waals surface area contributed by atoms with Crippen LogP contribution in [-0.4, -0.2) is 47.0 Å². The van der Waals surface area contributed by atoms with Crippen LogP contribution in [0.3, 0.4) is 0 Å². The summed E-state index contributed by atoms with van der Waals surface area (Å²) in [5.41, 5.74) is 7.44. The van der Waals surface area contributed by atoms with Crippen molar-refractivity contribution in [2.75, 3.05) is 19.7 Å². The lowest BCUT2D eigenvalue weighted by Gasteiger charge is -2.41. The fraction of sp³-hybridized carbons (Fsp3) is 0.381. The molecule has 0 spiro atoms. The number of carbonyl (C=O) groups is 2. The maximum atomic E-state index is 12.4. The van der Waals surface area contributed by atoms with Crippen LogP contribution >= 0.6 is 0 Å². The number of nitrogens with zero attached hydrogens (tertiary/aromatic N) is 2. The normalized spacial score (nSPS) is 19.9. The molecule has 1 aliphatic rings. The topological polar surface area (TPSA) is 85.5 Å². The van der Waals surface area contributed by atoms with E-state index in [4.69, 9.17) is 10.5 Å². The van der Waals surface area contributed by atoms with Crippen molar-refractivity contribution >= 4 is 11.8 Å². The summed E-state index contributed by atoms with van der Waals surface area (Å²) in [4.78, 5) is 30.6. The van der Waals surface area contributed by atoms with Gasteiger partial charge in [-0.25, -0.2) is 0 Å². The third-order valence-corrected chi connectivity index (χ3v) is 4.85. The zero-order chi connectivity index (χ0) is 19.4. The van der Waals surface area contributed by atoms with Gasteiger partial charge in [-0.05, 0) is 22.8 Å². The highest BCUT2D eigenvalue weighted by molar-refractivity contribution is 5.86. The first-order valence-electron chi connectivity index (χ1n) is 9.13. The number of nitrogens with two attached hydrogens (primary N) is 1. The molecule has 2 aromatic rings. The summed E-state index contributed by atoms with van der Waals surface area (Å²) in [5.74, 6) is -0.675. The number of hydrogen-bond acceptors (Lipinski definition) is 4. The second-order valence-corrected chi connectivity index (χ2v) is 7.24. The Bertz CT molecular complexity index is 822. The molecule has 1 aromatic heterocycles. The van der Waals surface area contributed by atoms with Crippen molar-refractivity contribution in [3.05, 3.63) is 54.4 Å². The summed E-state index contributed by atoms with van der Waals surface area (Å²) < 4.78 is 5.86. The van der Waals surface area contributed by atoms with Gasteiger partial charge in [-0.3, -0.25) is 14.6 Å². The second kappa shape index (κ2) is 7.88. The number of pyridine rings is 1. The van der Waals surface area contributed by atoms with Crippen LogP contribution in [0, 0.1) is 5.92 Å². The maximum absolute atomic E-state index is 12.4. The van der Waals surface area contributed by atoms with E-state index in [0.29, 0.717) is 19.6 Å². The van der Waals surface area contributed by atoms with Gasteiger partial charge in [0.1, 0.15) is 0 Å². The molecule has 0 aliphatic carbocycles. The smallest absolute Gasteiger partial charge is 0.251 e. The predicted octanol–water partition coefficient (Wildman–Crippen LogP) is 2.03. The van der Waals surface area contributed by atoms with E-state index in [0.717, 1.165) is 16.7 Å². The molecular formula is C21H25N3O3. The first kappa shape index (κ1) is 19.0. The van der Waals surface area contributed by atoms with Crippen molar-refractivity contribution in [3.8, 4) is 11.1 Å². The highest BCUT2D eigenvalue weighted by atomic mass is 16.5. The molecule has 27 heavy (non-hydrogen) atoms. The standard InChI is InChI=1S/C21H25N3O3/c1-15(2)19(25)24-9-10-27-21(14-24,20(22)26)12-16-5-3-6-17(11-16)18-7-4-8-23-13-18/h3-8,11,13,15H,9-10,12,14H2,1-2H3,(H2,22,26)/t21-/m0/s1. The van der Waals surface area contributed by atoms with Crippen LogP contribution in [0.5, 0.6) is 0 Å². The van der Waals surface area contributed by atoms with Crippen molar-refractivity contribution < 1.29 is 14.3 Å². The number of amides is 2. The number of benzene rings is 1. The summed E-state index contributed by atoms with van der Waals surface area (Å²) in [6, 6.07) is 11.7. The monoisotopic (exact) mass is 367 g/mol. The fourth-order valence-electron chi connectivity index (χ4n) is 3.40. The van der Waals surface area contributed by atoms with E-state index in [2.05, 4.69) is 4.98 Å². The number of carbonyl (C=O) groups excluding carboxylic acids is 2. The molecule has 1 atom stereocenters. The van der Waals surface area contributed by atoms with Crippen LogP contribution in [0.2, 0.25) is 0 Å². The molecule has 3 rings (SSSR count). The lowest BCUT2D eigenvalue weighted by atomic mass is 9.90. The fourth-order valence-corrected chi connectivity index (χ4v) is 3.40. The molecule has 1 saturated heterocycles. The Hall–Kier alpha value is -2.73. The molecule has 1 aliphatic heterocycles. The minimum atomic E-state index is -1.21. The number of morpholine rings is 1. The van der Waals surface area contributed by atoms with Crippen LogP contribution in [0.25, 0.3) is 11.1 Å². The highest BCUT2D eigenvalue weighted by Crippen LogP contribution is 2.27. The Balaban J connectivity index is 1.87. The molecule has 2 N–H and O–H groups in total. The quantitative estimate of drug-likeness (QED) is 0.876. The number of aromatic nitrogens is 1. The zero-order valence-corrected chi connectivity index (χ0v) is 15.7. The molecule has 1 fully saturated rings. The van der Waals surface area contributed by atoms with Gasteiger partial charge < -0.3 is 15.4 Å². The Morgan fingerprint density at radius 3 is 2.70 bits per heavy atom. The molecule has 0 radical (unpaired) electrons. The maximum Gasteiger partial charge on any atom is 0.251 e. The van der Waals surface area contributed by atoms with E-state index in [1.807, 2.05) is 50.2 Å². The SMILES string of the molecule is CC(C)C(=O)N1CCO[C@](Cc2cccc(-c3cccnc3)c2)(C(N)=O)C1. The molecule has 6 heteroatoms. The summed E-state index contributed by atoms with van der Waals surface area (Å²) in [6.07, 6.45) is 3.84. The number of ether oxygens (including phenoxy) is 1. The molecule has 0 bridgehead atoms. The van der Waals surface area contributed by atoms with Crippen LogP contribution in [0.1, 0.15) is 19.4 Å². The van der Waals surface area contributed by atoms with Gasteiger partial charge in [0.2, 0.25) is 5.91 Å². The third kappa shape index (κ3) is 4.17. The first-order valence-corrected chi connectivity index (χ1v) is 9.13. The summed E-state index contributed by atoms with van der Waals surface area (Å²) in [5, 5.41) is 0. The number of hydrogen-bond donors (Lipinski definition) is 1. The van der Waals surface area contributed by atoms with Crippen molar-refractivity contribution in [2.45, 2.75) is 25.9 Å². The van der Waals surface area contributed by atoms with E-state index < -0.39 is 11.5 Å². The van der Waals surface area contributed by atoms with Crippen LogP contribution in [0.4, 0.5) is 0 Å². The van der Waals surface area contributed by atoms with E-state index in [1.165, 1.54) is 0 Å². The minimum absolute atomic E-state index is 0.00744. The summed E-state index contributed by atoms with van der Waals surface area (Å²) in [7, 11) is 0. The molecular weight excluding hydrogens is 342 g/mol. The first-order chi connectivity index (χ1) is 12.9. The van der Waals surface area contributed by atoms with Crippen LogP contribution in [-0.2, 0) is 20.7 Å². The summed E-state index contributed by atoms with van der Waals surface area (Å²) >= 11 is 0. The Labute approximate surface area is 159 Å². The highest BCUT2D eigenvalue weighted by Gasteiger charge is 2.44. The van der Waals surface area contributed by atoms with E-state index in [9.17, 15) is 9.59 Å². The number of rotatable bonds is 5. The average Bonchev–Trinajstić information content (AvgIpc) is 2.68. The van der Waals surface area contributed by atoms with Crippen molar-refractivity contribution in [1.82, 2.24) is 9.88 Å². The van der Waals surface area contributed by atoms with Crippen molar-refractivity contribution in [2.24, 2.45) is 11.7 Å². The molecule has 142 valence electrons. The molecule has 2 amide bonds. The van der Waals surface area contributed by atoms with Gasteiger partial charge in [-0.1, -0.05) is 44.2 Å². The largest absolute Gasteiger partial charge is 0.367 e. The van der Waals surface area contributed by atoms with Gasteiger partial charge in [0, 0.05) is 31.3 Å². The van der Waals surface area contributed by atoms with Crippen LogP contribution < -0.4 is 5.73 Å². The van der Waals surface area contributed by atoms with Gasteiger partial charge in [0.05, 0.1) is 13.2 Å². The van der Waals surface area contributed by atoms with Gasteiger partial charge >= 0.3 is 0 Å². The second-order valence-electron chi connectivity index (χ2n) is 7.24. The number of primary amides is 1. The zero-order valence-electron chi connectivity index (χ0n) is 15.7. The van der Waals surface area contributed by atoms with Crippen LogP contribution in [0.15, 0.2) is 48.8 Å². The van der Waals surface area contributed by atoms with Gasteiger partial charge in [0.15, 0.2) is 5.60 Å². The van der Waals surface area contributed by atoms with E-state index >= 15 is 0 Å². The average molecular weight is 367 g/mol. The molecule has 2 heterocycles. The Morgan fingerprint density at radius 1 is 1.26 bits per heavy atom. The van der Waals surface area contributed by atoms with Crippen molar-refractivity contribution in [1.29, 1.82) is 0 Å². The molecule has 0 saturated carbocycles. The molecule has 6 nitrogen and oxygen atoms in total. The van der Waals surface area contributed by atoms with Gasteiger partial charge in [-0.2, -0.15) is 0 Å². The third-order valence-electron chi connectivity index (χ3n) is 4.85. The lowest BCUT2D eigenvalue weighted by molar-refractivity contribution is -0.165. The van der Waals surface area contributed by atoms with Gasteiger partial charge in [0.25, 0.3) is 5.91 Å². The summed E-state index contributed by atoms with van der Waals surface area (Å²) in [6.45, 7) is 4.64. The lowest BCUT2D eigenvalue weighted by Crippen LogP contribution is -2.61. The van der Waals surface area contributed by atoms with Crippen molar-refractivity contribution in [3.63, 3.8) is 0 Å². The van der Waals surface area contributed by atoms with E-state index in [1.54, 1.807) is 17.3 Å². The molecule has 1 aromatic carbocycles. The van der Waals surface area contributed by atoms with E-state index in [-0.39, 0.29) is 18.4 Å². The Kier molecular flexibility index (Phi) is 5.56.